The zero-order valence-corrected chi connectivity index (χ0v) is 10.7. The smallest absolute Gasteiger partial charge is 0.140 e. The van der Waals surface area contributed by atoms with Crippen molar-refractivity contribution in [3.05, 3.63) is 23.9 Å². The molecule has 100 valence electrons. The number of nitrogens with two attached hydrogens (primary N) is 1. The molecule has 0 aromatic carbocycles. The van der Waals surface area contributed by atoms with Gasteiger partial charge in [0.1, 0.15) is 5.82 Å². The number of hydrogen-bond donors (Lipinski definition) is 3. The summed E-state index contributed by atoms with van der Waals surface area (Å²) in [4.78, 5) is 6.75. The maximum atomic E-state index is 9.18. The zero-order chi connectivity index (χ0) is 12.8. The predicted octanol–water partition coefficient (Wildman–Crippen LogP) is 1.10. The predicted molar refractivity (Wildman–Crippen MR) is 71.8 cm³/mol. The number of nitrogens with zero attached hydrogens (tertiary/aromatic N) is 2. The molecule has 0 aliphatic heterocycles. The first-order chi connectivity index (χ1) is 8.83. The van der Waals surface area contributed by atoms with E-state index in [0.717, 1.165) is 12.2 Å². The topological polar surface area (TPSA) is 74.4 Å². The molecule has 0 bridgehead atoms. The molecule has 0 unspecified atom stereocenters. The molecule has 18 heavy (non-hydrogen) atoms. The maximum Gasteiger partial charge on any atom is 0.140 e. The number of hydrogen-bond acceptors (Lipinski definition) is 5. The quantitative estimate of drug-likeness (QED) is 0.521. The van der Waals surface area contributed by atoms with E-state index in [1.54, 1.807) is 0 Å². The van der Waals surface area contributed by atoms with E-state index in [4.69, 9.17) is 5.84 Å². The summed E-state index contributed by atoms with van der Waals surface area (Å²) >= 11 is 0. The molecule has 1 fully saturated rings. The van der Waals surface area contributed by atoms with Crippen LogP contribution in [-0.2, 0) is 6.54 Å². The highest BCUT2D eigenvalue weighted by Gasteiger charge is 2.22. The first-order valence-corrected chi connectivity index (χ1v) is 6.61. The van der Waals surface area contributed by atoms with Crippen LogP contribution in [0.5, 0.6) is 0 Å². The molecule has 1 aromatic heterocycles. The van der Waals surface area contributed by atoms with Crippen molar-refractivity contribution in [3.8, 4) is 0 Å². The van der Waals surface area contributed by atoms with Crippen LogP contribution in [0.2, 0.25) is 0 Å². The first kappa shape index (κ1) is 13.3. The Balaban J connectivity index is 2.02. The Morgan fingerprint density at radius 2 is 2.17 bits per heavy atom. The zero-order valence-electron chi connectivity index (χ0n) is 10.7. The van der Waals surface area contributed by atoms with E-state index < -0.39 is 0 Å². The van der Waals surface area contributed by atoms with Gasteiger partial charge in [-0.05, 0) is 25.0 Å². The van der Waals surface area contributed by atoms with Crippen molar-refractivity contribution in [1.29, 1.82) is 0 Å². The lowest BCUT2D eigenvalue weighted by Gasteiger charge is -2.27. The Morgan fingerprint density at radius 3 is 2.83 bits per heavy atom. The summed E-state index contributed by atoms with van der Waals surface area (Å²) in [5.74, 6) is 6.05. The van der Waals surface area contributed by atoms with E-state index in [1.807, 2.05) is 18.2 Å². The van der Waals surface area contributed by atoms with Crippen molar-refractivity contribution in [3.63, 3.8) is 0 Å². The monoisotopic (exact) mass is 250 g/mol. The Morgan fingerprint density at radius 1 is 1.39 bits per heavy atom. The molecule has 1 heterocycles. The average molecular weight is 250 g/mol. The van der Waals surface area contributed by atoms with Crippen LogP contribution >= 0.6 is 0 Å². The fourth-order valence-corrected chi connectivity index (χ4v) is 2.64. The lowest BCUT2D eigenvalue weighted by atomic mass is 10.2. The molecule has 1 aromatic rings. The van der Waals surface area contributed by atoms with Crippen LogP contribution in [0.4, 0.5) is 5.82 Å². The van der Waals surface area contributed by atoms with E-state index >= 15 is 0 Å². The van der Waals surface area contributed by atoms with Crippen molar-refractivity contribution < 1.29 is 5.11 Å². The molecular formula is C13H22N4O. The summed E-state index contributed by atoms with van der Waals surface area (Å²) in [6, 6.07) is 6.38. The minimum absolute atomic E-state index is 0.200. The molecule has 4 N–H and O–H groups in total. The van der Waals surface area contributed by atoms with Crippen LogP contribution in [0, 0.1) is 0 Å². The largest absolute Gasteiger partial charge is 0.395 e. The third-order valence-electron chi connectivity index (χ3n) is 3.55. The Bertz CT molecular complexity index is 366. The molecule has 1 aliphatic carbocycles. The SMILES string of the molecule is NNc1cccc(CN(CCO)C2CCCC2)n1. The van der Waals surface area contributed by atoms with Crippen molar-refractivity contribution in [2.75, 3.05) is 18.6 Å². The summed E-state index contributed by atoms with van der Waals surface area (Å²) in [6.45, 7) is 1.69. The van der Waals surface area contributed by atoms with Crippen LogP contribution < -0.4 is 11.3 Å². The Kier molecular flexibility index (Phi) is 4.92. The molecular weight excluding hydrogens is 228 g/mol. The third-order valence-corrected chi connectivity index (χ3v) is 3.55. The number of aliphatic hydroxyl groups excluding tert-OH is 1. The van der Waals surface area contributed by atoms with Gasteiger partial charge in [0.15, 0.2) is 0 Å². The number of anilines is 1. The average Bonchev–Trinajstić information content (AvgIpc) is 2.92. The van der Waals surface area contributed by atoms with E-state index in [2.05, 4.69) is 15.3 Å². The van der Waals surface area contributed by atoms with E-state index in [1.165, 1.54) is 25.7 Å². The van der Waals surface area contributed by atoms with Crippen molar-refractivity contribution >= 4 is 5.82 Å². The summed E-state index contributed by atoms with van der Waals surface area (Å²) < 4.78 is 0. The van der Waals surface area contributed by atoms with Crippen LogP contribution in [0.1, 0.15) is 31.4 Å². The van der Waals surface area contributed by atoms with Gasteiger partial charge in [-0.25, -0.2) is 10.8 Å². The highest BCUT2D eigenvalue weighted by molar-refractivity contribution is 5.33. The van der Waals surface area contributed by atoms with Gasteiger partial charge in [0, 0.05) is 19.1 Å². The number of rotatable bonds is 6. The molecule has 1 saturated carbocycles. The highest BCUT2D eigenvalue weighted by Crippen LogP contribution is 2.24. The summed E-state index contributed by atoms with van der Waals surface area (Å²) in [5, 5.41) is 9.18. The van der Waals surface area contributed by atoms with Gasteiger partial charge in [-0.2, -0.15) is 0 Å². The summed E-state index contributed by atoms with van der Waals surface area (Å²) in [5.41, 5.74) is 3.55. The standard InChI is InChI=1S/C13H22N4O/c14-16-13-7-3-4-11(15-13)10-17(8-9-18)12-5-1-2-6-12/h3-4,7,12,18H,1-2,5-6,8-10,14H2,(H,15,16). The van der Waals surface area contributed by atoms with Gasteiger partial charge >= 0.3 is 0 Å². The van der Waals surface area contributed by atoms with Crippen LogP contribution in [0.3, 0.4) is 0 Å². The minimum atomic E-state index is 0.200. The van der Waals surface area contributed by atoms with Crippen LogP contribution in [-0.4, -0.2) is 34.2 Å². The molecule has 1 aliphatic rings. The second-order valence-electron chi connectivity index (χ2n) is 4.79. The highest BCUT2D eigenvalue weighted by atomic mass is 16.3. The number of nitrogen functional groups attached to an aromatic ring is 1. The molecule has 5 heteroatoms. The van der Waals surface area contributed by atoms with Crippen LogP contribution in [0.25, 0.3) is 0 Å². The lowest BCUT2D eigenvalue weighted by Crippen LogP contribution is -2.35. The van der Waals surface area contributed by atoms with Gasteiger partial charge in [-0.3, -0.25) is 4.90 Å². The summed E-state index contributed by atoms with van der Waals surface area (Å²) in [6.07, 6.45) is 5.05. The van der Waals surface area contributed by atoms with Gasteiger partial charge in [0.05, 0.1) is 12.3 Å². The van der Waals surface area contributed by atoms with Crippen LogP contribution in [0.15, 0.2) is 18.2 Å². The lowest BCUT2D eigenvalue weighted by molar-refractivity contribution is 0.143. The normalized spacial score (nSPS) is 16.4. The van der Waals surface area contributed by atoms with Crippen molar-refractivity contribution in [2.24, 2.45) is 5.84 Å². The van der Waals surface area contributed by atoms with E-state index in [0.29, 0.717) is 18.4 Å². The molecule has 0 saturated heterocycles. The van der Waals surface area contributed by atoms with Gasteiger partial charge in [-0.15, -0.1) is 0 Å². The molecule has 2 rings (SSSR count). The second-order valence-corrected chi connectivity index (χ2v) is 4.79. The van der Waals surface area contributed by atoms with Gasteiger partial charge in [-0.1, -0.05) is 18.9 Å². The van der Waals surface area contributed by atoms with Gasteiger partial charge in [0.2, 0.25) is 0 Å². The molecule has 0 amide bonds. The molecule has 0 atom stereocenters. The van der Waals surface area contributed by atoms with Gasteiger partial charge in [0.25, 0.3) is 0 Å². The number of nitrogens with one attached hydrogen (secondary N) is 1. The van der Waals surface area contributed by atoms with E-state index in [9.17, 15) is 5.11 Å². The number of hydrazine groups is 1. The van der Waals surface area contributed by atoms with E-state index in [-0.39, 0.29) is 6.61 Å². The molecule has 0 radical (unpaired) electrons. The Labute approximate surface area is 108 Å². The fraction of sp³-hybridized carbons (Fsp3) is 0.615. The second kappa shape index (κ2) is 6.68. The van der Waals surface area contributed by atoms with Crippen molar-refractivity contribution in [2.45, 2.75) is 38.3 Å². The number of aliphatic hydroxyl groups is 1. The maximum absolute atomic E-state index is 9.18. The molecule has 5 nitrogen and oxygen atoms in total. The number of aromatic nitrogens is 1. The Hall–Kier alpha value is -1.17. The van der Waals surface area contributed by atoms with Gasteiger partial charge < -0.3 is 10.5 Å². The fourth-order valence-electron chi connectivity index (χ4n) is 2.64. The third kappa shape index (κ3) is 3.41. The number of pyridine rings is 1. The minimum Gasteiger partial charge on any atom is -0.395 e. The molecule has 0 spiro atoms. The van der Waals surface area contributed by atoms with Crippen molar-refractivity contribution in [1.82, 2.24) is 9.88 Å². The summed E-state index contributed by atoms with van der Waals surface area (Å²) in [7, 11) is 0. The first-order valence-electron chi connectivity index (χ1n) is 6.61.